The third kappa shape index (κ3) is 11.0. The second kappa shape index (κ2) is 18.4. The molecule has 0 bridgehead atoms. The average Bonchev–Trinajstić information content (AvgIpc) is 3.22. The summed E-state index contributed by atoms with van der Waals surface area (Å²) < 4.78 is 45.7. The SMILES string of the molecule is CN(C(=O)Cc1cc(N2CCN(CCN3CCN(c4ccc(OCC(C)(O)C(=O)Nc5ccc(C#N)c(C(F)(F)F)c5)cc4)CC3)CC2)ccn1)C1CCC(=O)NC1=O. The number of anilines is 3. The number of carbonyl (C=O) groups excluding carboxylic acids is 4. The number of rotatable bonds is 13. The maximum absolute atomic E-state index is 13.3. The number of nitrogens with one attached hydrogen (secondary N) is 2. The first-order valence-electron chi connectivity index (χ1n) is 19.5. The Bertz CT molecular complexity index is 2040. The lowest BCUT2D eigenvalue weighted by Crippen LogP contribution is -2.53. The summed E-state index contributed by atoms with van der Waals surface area (Å²) in [5.74, 6) is -1.55. The molecule has 3 aliphatic heterocycles. The molecule has 3 aliphatic rings. The highest BCUT2D eigenvalue weighted by Crippen LogP contribution is 2.34. The van der Waals surface area contributed by atoms with Crippen LogP contribution >= 0.6 is 0 Å². The fourth-order valence-corrected chi connectivity index (χ4v) is 7.27. The van der Waals surface area contributed by atoms with E-state index in [-0.39, 0.29) is 30.3 Å². The van der Waals surface area contributed by atoms with Gasteiger partial charge in [0.2, 0.25) is 17.7 Å². The second-order valence-electron chi connectivity index (χ2n) is 15.2. The zero-order chi connectivity index (χ0) is 42.3. The van der Waals surface area contributed by atoms with Gasteiger partial charge in [0.15, 0.2) is 5.60 Å². The molecule has 59 heavy (non-hydrogen) atoms. The van der Waals surface area contributed by atoms with Crippen molar-refractivity contribution < 1.29 is 42.2 Å². The van der Waals surface area contributed by atoms with Crippen LogP contribution in [0.4, 0.5) is 30.2 Å². The largest absolute Gasteiger partial charge is 0.490 e. The van der Waals surface area contributed by atoms with E-state index < -0.39 is 47.4 Å². The standard InChI is InChI=1S/C41H48F3N9O6/c1-40(58,39(57)47-29-4-3-28(26-45)34(24-29)41(42,43)44)27-59-33-7-5-31(6-8-33)52-19-15-50(16-20-52)13-14-51-17-21-53(22-18-51)32-11-12-46-30(23-32)25-37(55)49(2)35-9-10-36(54)48-38(35)56/h3-8,11-12,23-24,35,58H,9-10,13-22,25,27H2,1-2H3,(H,47,57)(H,48,54,56). The fourth-order valence-electron chi connectivity index (χ4n) is 7.27. The number of carbonyl (C=O) groups is 4. The molecule has 6 rings (SSSR count). The van der Waals surface area contributed by atoms with E-state index in [1.165, 1.54) is 17.9 Å². The van der Waals surface area contributed by atoms with Gasteiger partial charge in [-0.3, -0.25) is 39.3 Å². The van der Waals surface area contributed by atoms with Crippen LogP contribution in [0.1, 0.15) is 36.6 Å². The predicted molar refractivity (Wildman–Crippen MR) is 212 cm³/mol. The van der Waals surface area contributed by atoms with Gasteiger partial charge in [-0.25, -0.2) is 0 Å². The van der Waals surface area contributed by atoms with Crippen molar-refractivity contribution in [3.05, 3.63) is 77.6 Å². The summed E-state index contributed by atoms with van der Waals surface area (Å²) in [4.78, 5) is 64.7. The van der Waals surface area contributed by atoms with Crippen LogP contribution in [0.2, 0.25) is 0 Å². The van der Waals surface area contributed by atoms with Crippen molar-refractivity contribution in [2.24, 2.45) is 0 Å². The maximum atomic E-state index is 13.3. The second-order valence-corrected chi connectivity index (χ2v) is 15.2. The number of piperidine rings is 1. The lowest BCUT2D eigenvalue weighted by atomic mass is 10.0. The van der Waals surface area contributed by atoms with E-state index in [0.717, 1.165) is 89.0 Å². The molecular weight excluding hydrogens is 772 g/mol. The predicted octanol–water partition coefficient (Wildman–Crippen LogP) is 2.49. The number of hydrogen-bond acceptors (Lipinski definition) is 12. The molecule has 4 heterocycles. The highest BCUT2D eigenvalue weighted by molar-refractivity contribution is 6.01. The van der Waals surface area contributed by atoms with E-state index in [1.54, 1.807) is 25.4 Å². The number of pyridine rings is 1. The first-order valence-corrected chi connectivity index (χ1v) is 19.5. The Hall–Kier alpha value is -5.77. The first kappa shape index (κ1) is 42.8. The summed E-state index contributed by atoms with van der Waals surface area (Å²) in [5.41, 5.74) is -1.41. The summed E-state index contributed by atoms with van der Waals surface area (Å²) in [5, 5.41) is 24.3. The van der Waals surface area contributed by atoms with Crippen molar-refractivity contribution in [1.29, 1.82) is 5.26 Å². The van der Waals surface area contributed by atoms with Crippen molar-refractivity contribution in [2.75, 3.05) is 94.2 Å². The van der Waals surface area contributed by atoms with Gasteiger partial charge in [-0.15, -0.1) is 0 Å². The number of imide groups is 1. The van der Waals surface area contributed by atoms with Gasteiger partial charge in [-0.05, 0) is 67.9 Å². The van der Waals surface area contributed by atoms with Crippen LogP contribution in [0.3, 0.4) is 0 Å². The first-order chi connectivity index (χ1) is 28.1. The normalized spacial score (nSPS) is 19.0. The molecular formula is C41H48F3N9O6. The van der Waals surface area contributed by atoms with Gasteiger partial charge < -0.3 is 29.9 Å². The summed E-state index contributed by atoms with van der Waals surface area (Å²) in [6.07, 6.45) is -2.50. The van der Waals surface area contributed by atoms with E-state index in [9.17, 15) is 37.5 Å². The lowest BCUT2D eigenvalue weighted by molar-refractivity contribution is -0.144. The molecule has 3 saturated heterocycles. The van der Waals surface area contributed by atoms with Crippen LogP contribution in [0.25, 0.3) is 0 Å². The summed E-state index contributed by atoms with van der Waals surface area (Å²) in [6, 6.07) is 14.7. The monoisotopic (exact) mass is 819 g/mol. The molecule has 4 amide bonds. The fraction of sp³-hybridized carbons (Fsp3) is 0.463. The third-order valence-corrected chi connectivity index (χ3v) is 11.0. The van der Waals surface area contributed by atoms with E-state index >= 15 is 0 Å². The molecule has 0 spiro atoms. The number of ether oxygens (including phenoxy) is 1. The van der Waals surface area contributed by atoms with Gasteiger partial charge in [0.25, 0.3) is 5.91 Å². The Labute approximate surface area is 340 Å². The van der Waals surface area contributed by atoms with Crippen molar-refractivity contribution in [3.63, 3.8) is 0 Å². The van der Waals surface area contributed by atoms with E-state index in [4.69, 9.17) is 10.00 Å². The molecule has 0 aliphatic carbocycles. The van der Waals surface area contributed by atoms with Crippen LogP contribution < -0.4 is 25.2 Å². The Morgan fingerprint density at radius 2 is 1.58 bits per heavy atom. The van der Waals surface area contributed by atoms with Crippen LogP contribution in [-0.4, -0.2) is 139 Å². The third-order valence-electron chi connectivity index (χ3n) is 11.0. The van der Waals surface area contributed by atoms with Gasteiger partial charge in [-0.1, -0.05) is 0 Å². The van der Waals surface area contributed by atoms with E-state index in [1.807, 2.05) is 24.3 Å². The number of nitriles is 1. The smallest absolute Gasteiger partial charge is 0.417 e. The van der Waals surface area contributed by atoms with Gasteiger partial charge in [0, 0.05) is 102 Å². The molecule has 18 heteroatoms. The molecule has 2 unspecified atom stereocenters. The number of aromatic nitrogens is 1. The Morgan fingerprint density at radius 3 is 2.17 bits per heavy atom. The molecule has 2 atom stereocenters. The number of hydrogen-bond donors (Lipinski definition) is 3. The summed E-state index contributed by atoms with van der Waals surface area (Å²) in [7, 11) is 1.58. The number of piperazine rings is 2. The van der Waals surface area contributed by atoms with Crippen molar-refractivity contribution in [3.8, 4) is 11.8 Å². The molecule has 3 N–H and O–H groups in total. The zero-order valence-corrected chi connectivity index (χ0v) is 33.0. The van der Waals surface area contributed by atoms with Gasteiger partial charge in [-0.2, -0.15) is 18.4 Å². The number of halogens is 3. The highest BCUT2D eigenvalue weighted by atomic mass is 19.4. The van der Waals surface area contributed by atoms with Crippen molar-refractivity contribution in [1.82, 2.24) is 25.0 Å². The number of likely N-dealkylation sites (N-methyl/N-ethyl adjacent to an activating group) is 1. The Kier molecular flexibility index (Phi) is 13.4. The molecule has 0 saturated carbocycles. The molecule has 0 radical (unpaired) electrons. The van der Waals surface area contributed by atoms with Gasteiger partial charge in [0.1, 0.15) is 18.4 Å². The summed E-state index contributed by atoms with van der Waals surface area (Å²) in [6.45, 7) is 9.62. The molecule has 3 aromatic rings. The van der Waals surface area contributed by atoms with Crippen molar-refractivity contribution in [2.45, 2.75) is 44.0 Å². The van der Waals surface area contributed by atoms with Crippen LogP contribution in [0.5, 0.6) is 5.75 Å². The number of alkyl halides is 3. The number of benzene rings is 2. The van der Waals surface area contributed by atoms with Crippen LogP contribution in [0.15, 0.2) is 60.8 Å². The number of nitrogens with zero attached hydrogens (tertiary/aromatic N) is 7. The van der Waals surface area contributed by atoms with Crippen molar-refractivity contribution >= 4 is 40.7 Å². The van der Waals surface area contributed by atoms with Crippen LogP contribution in [-0.2, 0) is 31.8 Å². The molecule has 15 nitrogen and oxygen atoms in total. The topological polar surface area (TPSA) is 175 Å². The molecule has 314 valence electrons. The molecule has 2 aromatic carbocycles. The zero-order valence-electron chi connectivity index (χ0n) is 33.0. The maximum Gasteiger partial charge on any atom is 0.417 e. The highest BCUT2D eigenvalue weighted by Gasteiger charge is 2.36. The molecule has 3 fully saturated rings. The minimum Gasteiger partial charge on any atom is -0.490 e. The van der Waals surface area contributed by atoms with Crippen LogP contribution in [0, 0.1) is 11.3 Å². The van der Waals surface area contributed by atoms with Gasteiger partial charge >= 0.3 is 6.18 Å². The Morgan fingerprint density at radius 1 is 0.949 bits per heavy atom. The quantitative estimate of drug-likeness (QED) is 0.216. The van der Waals surface area contributed by atoms with E-state index in [0.29, 0.717) is 23.9 Å². The van der Waals surface area contributed by atoms with E-state index in [2.05, 4.69) is 35.2 Å². The minimum absolute atomic E-state index is 0.0634. The number of amides is 4. The lowest BCUT2D eigenvalue weighted by Gasteiger charge is -2.39. The number of aliphatic hydroxyl groups is 1. The minimum atomic E-state index is -4.79. The Balaban J connectivity index is 0.889. The summed E-state index contributed by atoms with van der Waals surface area (Å²) >= 11 is 0. The molecule has 1 aromatic heterocycles. The average molecular weight is 820 g/mol. The van der Waals surface area contributed by atoms with Gasteiger partial charge in [0.05, 0.1) is 29.3 Å².